The van der Waals surface area contributed by atoms with Crippen molar-refractivity contribution in [3.63, 3.8) is 0 Å². The third-order valence-electron chi connectivity index (χ3n) is 3.85. The van der Waals surface area contributed by atoms with Crippen molar-refractivity contribution < 1.29 is 0 Å². The van der Waals surface area contributed by atoms with Crippen LogP contribution in [0.5, 0.6) is 0 Å². The molecule has 0 spiro atoms. The minimum atomic E-state index is 0.281. The van der Waals surface area contributed by atoms with E-state index in [4.69, 9.17) is 11.5 Å². The maximum atomic E-state index is 6.06. The fourth-order valence-corrected chi connectivity index (χ4v) is 2.44. The molecular formula is C19H21N7. The van der Waals surface area contributed by atoms with Gasteiger partial charge in [0, 0.05) is 24.2 Å². The van der Waals surface area contributed by atoms with Crippen molar-refractivity contribution >= 4 is 16.9 Å². The molecule has 3 heterocycles. The summed E-state index contributed by atoms with van der Waals surface area (Å²) in [5.41, 5.74) is 15.8. The Morgan fingerprint density at radius 1 is 1.12 bits per heavy atom. The molecule has 3 aromatic rings. The number of allylic oxidation sites excluding steroid dienone is 2. The molecule has 0 amide bonds. The highest BCUT2D eigenvalue weighted by Crippen LogP contribution is 2.21. The second kappa shape index (κ2) is 7.60. The number of nitrogens with two attached hydrogens (primary N) is 2. The molecular weight excluding hydrogens is 326 g/mol. The van der Waals surface area contributed by atoms with E-state index in [1.165, 1.54) is 0 Å². The van der Waals surface area contributed by atoms with Crippen molar-refractivity contribution in [1.29, 1.82) is 0 Å². The first-order valence-electron chi connectivity index (χ1n) is 8.26. The predicted molar refractivity (Wildman–Crippen MR) is 104 cm³/mol. The summed E-state index contributed by atoms with van der Waals surface area (Å²) in [6.07, 6.45) is 10.1. The topological polar surface area (TPSA) is 116 Å². The van der Waals surface area contributed by atoms with Crippen LogP contribution in [0, 0.1) is 5.92 Å². The zero-order chi connectivity index (χ0) is 18.5. The van der Waals surface area contributed by atoms with Crippen LogP contribution in [0.1, 0.15) is 13.8 Å². The Labute approximate surface area is 151 Å². The number of nitrogens with one attached hydrogen (secondary N) is 1. The van der Waals surface area contributed by atoms with Gasteiger partial charge in [0.2, 0.25) is 0 Å². The Hall–Kier alpha value is -3.48. The molecule has 0 saturated carbocycles. The molecule has 0 saturated heterocycles. The average molecular weight is 347 g/mol. The quantitative estimate of drug-likeness (QED) is 0.608. The van der Waals surface area contributed by atoms with Crippen LogP contribution in [0.4, 0.5) is 5.82 Å². The van der Waals surface area contributed by atoms with Crippen molar-refractivity contribution in [2.45, 2.75) is 13.8 Å². The van der Waals surface area contributed by atoms with Crippen LogP contribution >= 0.6 is 0 Å². The molecule has 7 heteroatoms. The molecule has 0 aliphatic carbocycles. The van der Waals surface area contributed by atoms with Crippen LogP contribution in [0.25, 0.3) is 22.3 Å². The number of rotatable bonds is 5. The summed E-state index contributed by atoms with van der Waals surface area (Å²) in [5, 5.41) is 3.09. The monoisotopic (exact) mass is 347 g/mol. The largest absolute Gasteiger partial charge is 0.404 e. The molecule has 0 atom stereocenters. The van der Waals surface area contributed by atoms with Crippen LogP contribution < -0.4 is 16.8 Å². The lowest BCUT2D eigenvalue weighted by Crippen LogP contribution is -2.11. The highest BCUT2D eigenvalue weighted by atomic mass is 15.1. The van der Waals surface area contributed by atoms with Crippen LogP contribution in [-0.2, 0) is 0 Å². The third-order valence-corrected chi connectivity index (χ3v) is 3.85. The lowest BCUT2D eigenvalue weighted by atomic mass is 10.0. The molecule has 0 aliphatic rings. The molecule has 0 aliphatic heterocycles. The van der Waals surface area contributed by atoms with E-state index in [1.807, 2.05) is 24.3 Å². The summed E-state index contributed by atoms with van der Waals surface area (Å²) in [5.74, 6) is 1.38. The summed E-state index contributed by atoms with van der Waals surface area (Å²) in [7, 11) is 0. The van der Waals surface area contributed by atoms with E-state index >= 15 is 0 Å². The number of hydrogen-bond donors (Lipinski definition) is 3. The van der Waals surface area contributed by atoms with E-state index in [0.717, 1.165) is 27.9 Å². The number of hydrogen-bond acceptors (Lipinski definition) is 7. The summed E-state index contributed by atoms with van der Waals surface area (Å²) in [6, 6.07) is 5.65. The lowest BCUT2D eigenvalue weighted by Gasteiger charge is -2.10. The summed E-state index contributed by atoms with van der Waals surface area (Å²) < 4.78 is 0. The molecule has 0 radical (unpaired) electrons. The standard InChI is InChI=1S/C19H21N7/c1-12(2)13(9-20)8-18(21)26-19-4-3-15-16(25-19)7-14(10-24-15)17-11-22-5-6-23-17/h3-12H,20-21H2,1-2H3,(H,25,26)/b13-9+,18-8+. The Morgan fingerprint density at radius 2 is 1.96 bits per heavy atom. The van der Waals surface area contributed by atoms with E-state index in [-0.39, 0.29) is 5.92 Å². The van der Waals surface area contributed by atoms with Crippen LogP contribution in [0.2, 0.25) is 0 Å². The van der Waals surface area contributed by atoms with Gasteiger partial charge < -0.3 is 16.8 Å². The minimum Gasteiger partial charge on any atom is -0.404 e. The normalized spacial score (nSPS) is 12.6. The smallest absolute Gasteiger partial charge is 0.132 e. The average Bonchev–Trinajstić information content (AvgIpc) is 2.66. The van der Waals surface area contributed by atoms with Crippen molar-refractivity contribution in [3.8, 4) is 11.3 Å². The Morgan fingerprint density at radius 3 is 2.65 bits per heavy atom. The van der Waals surface area contributed by atoms with Gasteiger partial charge in [-0.2, -0.15) is 0 Å². The fraction of sp³-hybridized carbons (Fsp3) is 0.158. The Balaban J connectivity index is 1.90. The molecule has 26 heavy (non-hydrogen) atoms. The van der Waals surface area contributed by atoms with Crippen LogP contribution in [0.3, 0.4) is 0 Å². The molecule has 3 aromatic heterocycles. The van der Waals surface area contributed by atoms with Crippen molar-refractivity contribution in [2.24, 2.45) is 17.4 Å². The fourth-order valence-electron chi connectivity index (χ4n) is 2.44. The van der Waals surface area contributed by atoms with Crippen molar-refractivity contribution in [1.82, 2.24) is 19.9 Å². The molecule has 0 aromatic carbocycles. The maximum Gasteiger partial charge on any atom is 0.132 e. The van der Waals surface area contributed by atoms with E-state index in [0.29, 0.717) is 11.6 Å². The number of aromatic nitrogens is 4. The van der Waals surface area contributed by atoms with Gasteiger partial charge in [-0.25, -0.2) is 4.98 Å². The second-order valence-corrected chi connectivity index (χ2v) is 6.10. The number of fused-ring (bicyclic) bond motifs is 1. The van der Waals surface area contributed by atoms with Gasteiger partial charge in [-0.3, -0.25) is 15.0 Å². The number of anilines is 1. The van der Waals surface area contributed by atoms with E-state index < -0.39 is 0 Å². The maximum absolute atomic E-state index is 6.06. The molecule has 0 bridgehead atoms. The summed E-state index contributed by atoms with van der Waals surface area (Å²) in [6.45, 7) is 4.10. The van der Waals surface area contributed by atoms with Gasteiger partial charge in [-0.1, -0.05) is 13.8 Å². The first-order valence-corrected chi connectivity index (χ1v) is 8.26. The molecule has 0 fully saturated rings. The summed E-state index contributed by atoms with van der Waals surface area (Å²) >= 11 is 0. The SMILES string of the molecule is CC(C)C(=C/N)/C=C(\N)Nc1ccc2ncc(-c3cnccn3)cc2n1. The Bertz CT molecular complexity index is 962. The zero-order valence-electron chi connectivity index (χ0n) is 14.7. The molecule has 5 N–H and O–H groups in total. The van der Waals surface area contributed by atoms with Crippen molar-refractivity contribution in [3.05, 3.63) is 66.7 Å². The highest BCUT2D eigenvalue weighted by molar-refractivity contribution is 5.80. The third kappa shape index (κ3) is 3.94. The first-order chi connectivity index (χ1) is 12.6. The molecule has 132 valence electrons. The van der Waals surface area contributed by atoms with Gasteiger partial charge in [0.1, 0.15) is 11.6 Å². The molecule has 7 nitrogen and oxygen atoms in total. The van der Waals surface area contributed by atoms with Gasteiger partial charge >= 0.3 is 0 Å². The van der Waals surface area contributed by atoms with Gasteiger partial charge in [-0.15, -0.1) is 0 Å². The molecule has 3 rings (SSSR count). The second-order valence-electron chi connectivity index (χ2n) is 6.10. The van der Waals surface area contributed by atoms with E-state index in [2.05, 4.69) is 39.1 Å². The lowest BCUT2D eigenvalue weighted by molar-refractivity contribution is 0.786. The van der Waals surface area contributed by atoms with Crippen LogP contribution in [0.15, 0.2) is 66.7 Å². The van der Waals surface area contributed by atoms with Crippen molar-refractivity contribution in [2.75, 3.05) is 5.32 Å². The first kappa shape index (κ1) is 17.3. The van der Waals surface area contributed by atoms with E-state index in [1.54, 1.807) is 31.0 Å². The number of pyridine rings is 2. The van der Waals surface area contributed by atoms with Crippen LogP contribution in [-0.4, -0.2) is 19.9 Å². The summed E-state index contributed by atoms with van der Waals surface area (Å²) in [4.78, 5) is 17.4. The van der Waals surface area contributed by atoms with Gasteiger partial charge in [0.15, 0.2) is 0 Å². The number of nitrogens with zero attached hydrogens (tertiary/aromatic N) is 4. The van der Waals surface area contributed by atoms with Gasteiger partial charge in [0.25, 0.3) is 0 Å². The van der Waals surface area contributed by atoms with Gasteiger partial charge in [0.05, 0.1) is 22.9 Å². The van der Waals surface area contributed by atoms with E-state index in [9.17, 15) is 0 Å². The zero-order valence-corrected chi connectivity index (χ0v) is 14.7. The molecule has 0 unspecified atom stereocenters. The van der Waals surface area contributed by atoms with Gasteiger partial charge in [-0.05, 0) is 42.0 Å². The predicted octanol–water partition coefficient (Wildman–Crippen LogP) is 2.80. The minimum absolute atomic E-state index is 0.281. The Kier molecular flexibility index (Phi) is 5.07. The highest BCUT2D eigenvalue weighted by Gasteiger charge is 2.06.